The van der Waals surface area contributed by atoms with Crippen molar-refractivity contribution in [1.82, 2.24) is 4.98 Å². The van der Waals surface area contributed by atoms with Crippen molar-refractivity contribution < 1.29 is 0 Å². The number of benzene rings is 1. The molecule has 2 aromatic rings. The van der Waals surface area contributed by atoms with Crippen LogP contribution in [0.3, 0.4) is 0 Å². The second kappa shape index (κ2) is 6.48. The number of pyridine rings is 1. The lowest BCUT2D eigenvalue weighted by Gasteiger charge is -2.30. The largest absolute Gasteiger partial charge is 0.381 e. The van der Waals surface area contributed by atoms with E-state index in [0.29, 0.717) is 17.1 Å². The standard InChI is InChI=1S/C18H21ClN2/c1-13-17(11-12-18(19)20-13)21-16-9-7-15(8-10-16)14-5-3-2-4-6-14/h2-6,11-12,15-16,21H,7-10H2,1H3. The quantitative estimate of drug-likeness (QED) is 0.790. The van der Waals surface area contributed by atoms with Crippen molar-refractivity contribution in [3.8, 4) is 0 Å². The third-order valence-electron chi connectivity index (χ3n) is 4.41. The summed E-state index contributed by atoms with van der Waals surface area (Å²) in [5.74, 6) is 0.716. The van der Waals surface area contributed by atoms with Crippen LogP contribution in [-0.4, -0.2) is 11.0 Å². The van der Waals surface area contributed by atoms with E-state index in [1.807, 2.05) is 19.1 Å². The van der Waals surface area contributed by atoms with E-state index in [4.69, 9.17) is 11.6 Å². The van der Waals surface area contributed by atoms with Crippen molar-refractivity contribution in [2.24, 2.45) is 0 Å². The molecule has 1 aliphatic rings. The summed E-state index contributed by atoms with van der Waals surface area (Å²) < 4.78 is 0. The Balaban J connectivity index is 1.59. The zero-order chi connectivity index (χ0) is 14.7. The molecule has 1 aliphatic carbocycles. The van der Waals surface area contributed by atoms with Gasteiger partial charge in [-0.3, -0.25) is 0 Å². The molecule has 2 nitrogen and oxygen atoms in total. The number of nitrogens with zero attached hydrogens (tertiary/aromatic N) is 1. The third kappa shape index (κ3) is 3.56. The fraction of sp³-hybridized carbons (Fsp3) is 0.389. The first kappa shape index (κ1) is 14.4. The van der Waals surface area contributed by atoms with Crippen molar-refractivity contribution in [3.05, 3.63) is 58.9 Å². The van der Waals surface area contributed by atoms with Crippen LogP contribution in [-0.2, 0) is 0 Å². The van der Waals surface area contributed by atoms with E-state index >= 15 is 0 Å². The highest BCUT2D eigenvalue weighted by Gasteiger charge is 2.22. The maximum atomic E-state index is 5.91. The molecule has 0 unspecified atom stereocenters. The molecule has 1 saturated carbocycles. The van der Waals surface area contributed by atoms with Crippen molar-refractivity contribution in [2.45, 2.75) is 44.6 Å². The molecule has 3 rings (SSSR count). The first-order valence-electron chi connectivity index (χ1n) is 7.67. The van der Waals surface area contributed by atoms with E-state index in [-0.39, 0.29) is 0 Å². The average Bonchev–Trinajstić information content (AvgIpc) is 2.52. The van der Waals surface area contributed by atoms with Crippen molar-refractivity contribution in [1.29, 1.82) is 0 Å². The van der Waals surface area contributed by atoms with Crippen LogP contribution in [0.5, 0.6) is 0 Å². The van der Waals surface area contributed by atoms with Gasteiger partial charge >= 0.3 is 0 Å². The fourth-order valence-electron chi connectivity index (χ4n) is 3.20. The maximum Gasteiger partial charge on any atom is 0.129 e. The van der Waals surface area contributed by atoms with E-state index < -0.39 is 0 Å². The normalized spacial score (nSPS) is 22.0. The second-order valence-corrected chi connectivity index (χ2v) is 6.26. The molecular formula is C18H21ClN2. The number of anilines is 1. The molecule has 110 valence electrons. The highest BCUT2D eigenvalue weighted by Crippen LogP contribution is 2.34. The van der Waals surface area contributed by atoms with Gasteiger partial charge in [0.05, 0.1) is 11.4 Å². The summed E-state index contributed by atoms with van der Waals surface area (Å²) in [6, 6.07) is 15.3. The van der Waals surface area contributed by atoms with Gasteiger partial charge in [-0.05, 0) is 56.2 Å². The smallest absolute Gasteiger partial charge is 0.129 e. The van der Waals surface area contributed by atoms with Crippen molar-refractivity contribution >= 4 is 17.3 Å². The fourth-order valence-corrected chi connectivity index (χ4v) is 3.39. The lowest BCUT2D eigenvalue weighted by molar-refractivity contribution is 0.412. The van der Waals surface area contributed by atoms with Gasteiger partial charge in [0.15, 0.2) is 0 Å². The molecule has 1 heterocycles. The topological polar surface area (TPSA) is 24.9 Å². The number of aryl methyl sites for hydroxylation is 1. The third-order valence-corrected chi connectivity index (χ3v) is 4.62. The zero-order valence-electron chi connectivity index (χ0n) is 12.3. The molecule has 3 heteroatoms. The Morgan fingerprint density at radius 2 is 1.71 bits per heavy atom. The molecular weight excluding hydrogens is 280 g/mol. The van der Waals surface area contributed by atoms with Crippen LogP contribution in [0.2, 0.25) is 5.15 Å². The van der Waals surface area contributed by atoms with Crippen LogP contribution in [0.25, 0.3) is 0 Å². The highest BCUT2D eigenvalue weighted by molar-refractivity contribution is 6.29. The van der Waals surface area contributed by atoms with Gasteiger partial charge < -0.3 is 5.32 Å². The summed E-state index contributed by atoms with van der Waals surface area (Å²) in [5, 5.41) is 4.19. The minimum Gasteiger partial charge on any atom is -0.381 e. The Morgan fingerprint density at radius 3 is 2.38 bits per heavy atom. The molecule has 1 aromatic heterocycles. The number of halogens is 1. The molecule has 1 fully saturated rings. The summed E-state index contributed by atoms with van der Waals surface area (Å²) in [7, 11) is 0. The number of hydrogen-bond acceptors (Lipinski definition) is 2. The summed E-state index contributed by atoms with van der Waals surface area (Å²) in [5.41, 5.74) is 3.58. The molecule has 0 bridgehead atoms. The number of hydrogen-bond donors (Lipinski definition) is 1. The van der Waals surface area contributed by atoms with Gasteiger partial charge in [-0.1, -0.05) is 41.9 Å². The highest BCUT2D eigenvalue weighted by atomic mass is 35.5. The maximum absolute atomic E-state index is 5.91. The molecule has 0 radical (unpaired) electrons. The van der Waals surface area contributed by atoms with Crippen LogP contribution < -0.4 is 5.32 Å². The van der Waals surface area contributed by atoms with Crippen molar-refractivity contribution in [3.63, 3.8) is 0 Å². The molecule has 0 atom stereocenters. The van der Waals surface area contributed by atoms with Crippen LogP contribution in [0, 0.1) is 6.92 Å². The molecule has 1 aromatic carbocycles. The Kier molecular flexibility index (Phi) is 4.45. The predicted molar refractivity (Wildman–Crippen MR) is 89.0 cm³/mol. The molecule has 0 saturated heterocycles. The molecule has 0 aliphatic heterocycles. The molecule has 21 heavy (non-hydrogen) atoms. The van der Waals surface area contributed by atoms with Crippen LogP contribution in [0.15, 0.2) is 42.5 Å². The summed E-state index contributed by atoms with van der Waals surface area (Å²) in [6.45, 7) is 2.00. The molecule has 0 amide bonds. The Labute approximate surface area is 131 Å². The van der Waals surface area contributed by atoms with E-state index in [1.54, 1.807) is 0 Å². The molecule has 0 spiro atoms. The lowest BCUT2D eigenvalue weighted by Crippen LogP contribution is -2.25. The average molecular weight is 301 g/mol. The number of rotatable bonds is 3. The SMILES string of the molecule is Cc1nc(Cl)ccc1NC1CCC(c2ccccc2)CC1. The summed E-state index contributed by atoms with van der Waals surface area (Å²) in [4.78, 5) is 4.30. The van der Waals surface area contributed by atoms with Crippen LogP contribution in [0.1, 0.15) is 42.9 Å². The van der Waals surface area contributed by atoms with Gasteiger partial charge in [0.2, 0.25) is 0 Å². The Morgan fingerprint density at radius 1 is 1.00 bits per heavy atom. The number of nitrogens with one attached hydrogen (secondary N) is 1. The first-order valence-corrected chi connectivity index (χ1v) is 8.05. The Bertz CT molecular complexity index is 589. The van der Waals surface area contributed by atoms with Gasteiger partial charge in [-0.2, -0.15) is 0 Å². The number of aromatic nitrogens is 1. The first-order chi connectivity index (χ1) is 10.2. The summed E-state index contributed by atoms with van der Waals surface area (Å²) >= 11 is 5.91. The Hall–Kier alpha value is -1.54. The molecule has 1 N–H and O–H groups in total. The van der Waals surface area contributed by atoms with E-state index in [0.717, 1.165) is 11.4 Å². The zero-order valence-corrected chi connectivity index (χ0v) is 13.1. The van der Waals surface area contributed by atoms with E-state index in [2.05, 4.69) is 40.6 Å². The van der Waals surface area contributed by atoms with Gasteiger partial charge in [0.1, 0.15) is 5.15 Å². The van der Waals surface area contributed by atoms with Crippen molar-refractivity contribution in [2.75, 3.05) is 5.32 Å². The van der Waals surface area contributed by atoms with Crippen LogP contribution in [0.4, 0.5) is 5.69 Å². The van der Waals surface area contributed by atoms with Gasteiger partial charge in [0.25, 0.3) is 0 Å². The van der Waals surface area contributed by atoms with E-state index in [9.17, 15) is 0 Å². The van der Waals surface area contributed by atoms with Gasteiger partial charge in [0, 0.05) is 6.04 Å². The van der Waals surface area contributed by atoms with Gasteiger partial charge in [-0.15, -0.1) is 0 Å². The monoisotopic (exact) mass is 300 g/mol. The van der Waals surface area contributed by atoms with Crippen LogP contribution >= 0.6 is 11.6 Å². The minimum absolute atomic E-state index is 0.548. The minimum atomic E-state index is 0.548. The van der Waals surface area contributed by atoms with E-state index in [1.165, 1.54) is 31.2 Å². The summed E-state index contributed by atoms with van der Waals surface area (Å²) in [6.07, 6.45) is 4.92. The lowest BCUT2D eigenvalue weighted by atomic mass is 9.81. The predicted octanol–water partition coefficient (Wildman–Crippen LogP) is 5.18. The van der Waals surface area contributed by atoms with Gasteiger partial charge in [-0.25, -0.2) is 4.98 Å². The second-order valence-electron chi connectivity index (χ2n) is 5.87.